The van der Waals surface area contributed by atoms with E-state index in [0.717, 1.165) is 11.4 Å². The first kappa shape index (κ1) is 22.4. The van der Waals surface area contributed by atoms with E-state index in [9.17, 15) is 9.59 Å². The van der Waals surface area contributed by atoms with Gasteiger partial charge in [-0.05, 0) is 59.6 Å². The van der Waals surface area contributed by atoms with E-state index in [4.69, 9.17) is 0 Å². The largest absolute Gasteiger partial charge is 0.343 e. The molecular formula is C24H31N3O2S. The molecule has 0 saturated heterocycles. The van der Waals surface area contributed by atoms with E-state index in [1.54, 1.807) is 11.8 Å². The van der Waals surface area contributed by atoms with Gasteiger partial charge in [0, 0.05) is 12.2 Å². The highest BCUT2D eigenvalue weighted by molar-refractivity contribution is 7.98. The van der Waals surface area contributed by atoms with Gasteiger partial charge < -0.3 is 16.0 Å². The predicted molar refractivity (Wildman–Crippen MR) is 125 cm³/mol. The van der Waals surface area contributed by atoms with Gasteiger partial charge in [-0.15, -0.1) is 0 Å². The highest BCUT2D eigenvalue weighted by Crippen LogP contribution is 2.18. The Morgan fingerprint density at radius 1 is 1.10 bits per heavy atom. The van der Waals surface area contributed by atoms with Crippen molar-refractivity contribution in [3.63, 3.8) is 0 Å². The number of amides is 2. The van der Waals surface area contributed by atoms with Crippen molar-refractivity contribution in [2.24, 2.45) is 0 Å². The van der Waals surface area contributed by atoms with Crippen molar-refractivity contribution < 1.29 is 9.59 Å². The smallest absolute Gasteiger partial charge is 0.246 e. The Labute approximate surface area is 183 Å². The van der Waals surface area contributed by atoms with Gasteiger partial charge in [0.2, 0.25) is 11.8 Å². The number of nitrogens with one attached hydrogen (secondary N) is 3. The average molecular weight is 426 g/mol. The van der Waals surface area contributed by atoms with Gasteiger partial charge in [0.15, 0.2) is 0 Å². The molecule has 1 heterocycles. The maximum absolute atomic E-state index is 12.9. The maximum atomic E-state index is 12.9. The van der Waals surface area contributed by atoms with Gasteiger partial charge in [-0.2, -0.15) is 11.8 Å². The molecule has 0 bridgehead atoms. The number of benzene rings is 2. The third-order valence-corrected chi connectivity index (χ3v) is 6.13. The Hall–Kier alpha value is -2.31. The van der Waals surface area contributed by atoms with E-state index in [1.807, 2.05) is 42.7 Å². The van der Waals surface area contributed by atoms with Crippen LogP contribution in [0.15, 0.2) is 48.5 Å². The van der Waals surface area contributed by atoms with Crippen LogP contribution in [0, 0.1) is 0 Å². The van der Waals surface area contributed by atoms with Crippen molar-refractivity contribution in [3.05, 3.63) is 65.2 Å². The van der Waals surface area contributed by atoms with E-state index >= 15 is 0 Å². The summed E-state index contributed by atoms with van der Waals surface area (Å²) in [5.74, 6) is 0.939. The lowest BCUT2D eigenvalue weighted by molar-refractivity contribution is -0.128. The second-order valence-electron chi connectivity index (χ2n) is 8.01. The molecule has 160 valence electrons. The van der Waals surface area contributed by atoms with Gasteiger partial charge in [0.1, 0.15) is 6.04 Å². The molecule has 0 fully saturated rings. The lowest BCUT2D eigenvalue weighted by Crippen LogP contribution is -2.53. The monoisotopic (exact) mass is 425 g/mol. The zero-order valence-electron chi connectivity index (χ0n) is 17.9. The van der Waals surface area contributed by atoms with Crippen molar-refractivity contribution in [3.8, 4) is 0 Å². The Morgan fingerprint density at radius 3 is 2.47 bits per heavy atom. The summed E-state index contributed by atoms with van der Waals surface area (Å²) in [6, 6.07) is 15.2. The summed E-state index contributed by atoms with van der Waals surface area (Å²) < 4.78 is 0. The van der Waals surface area contributed by atoms with Gasteiger partial charge in [-0.25, -0.2) is 0 Å². The molecule has 3 rings (SSSR count). The standard InChI is InChI=1S/C24H31N3O2S/c1-16(2)17-8-10-20(11-9-17)26-23(28)21(12-13-30-3)27-24(29)22-14-18-6-4-5-7-19(18)15-25-22/h4-11,16,21-22,25H,12-15H2,1-3H3,(H,26,28)(H,27,29)/t21-,22-/m0/s1. The Balaban J connectivity index is 1.63. The fraction of sp³-hybridized carbons (Fsp3) is 0.417. The van der Waals surface area contributed by atoms with Crippen molar-refractivity contribution in [1.29, 1.82) is 0 Å². The molecule has 3 N–H and O–H groups in total. The number of carbonyl (C=O) groups is 2. The zero-order chi connectivity index (χ0) is 21.5. The number of hydrogen-bond donors (Lipinski definition) is 3. The summed E-state index contributed by atoms with van der Waals surface area (Å²) in [6.45, 7) is 4.94. The number of rotatable bonds is 8. The first-order valence-electron chi connectivity index (χ1n) is 10.5. The van der Waals surface area contributed by atoms with Gasteiger partial charge in [-0.3, -0.25) is 9.59 Å². The SMILES string of the molecule is CSCC[C@H](NC(=O)[C@@H]1Cc2ccccc2CN1)C(=O)Nc1ccc(C(C)C)cc1. The van der Waals surface area contributed by atoms with E-state index in [-0.39, 0.29) is 17.9 Å². The predicted octanol–water partition coefficient (Wildman–Crippen LogP) is 3.70. The molecule has 0 aromatic heterocycles. The lowest BCUT2D eigenvalue weighted by atomic mass is 9.95. The van der Waals surface area contributed by atoms with Gasteiger partial charge in [-0.1, -0.05) is 50.2 Å². The third kappa shape index (κ3) is 5.86. The van der Waals surface area contributed by atoms with Gasteiger partial charge in [0.25, 0.3) is 0 Å². The van der Waals surface area contributed by atoms with E-state index < -0.39 is 6.04 Å². The molecule has 2 amide bonds. The fourth-order valence-corrected chi connectivity index (χ4v) is 4.07. The molecule has 2 atom stereocenters. The number of carbonyl (C=O) groups excluding carboxylic acids is 2. The van der Waals surface area contributed by atoms with Crippen LogP contribution < -0.4 is 16.0 Å². The van der Waals surface area contributed by atoms with Crippen LogP contribution in [0.25, 0.3) is 0 Å². The summed E-state index contributed by atoms with van der Waals surface area (Å²) in [5.41, 5.74) is 4.39. The van der Waals surface area contributed by atoms with Crippen molar-refractivity contribution in [2.45, 2.75) is 51.2 Å². The quantitative estimate of drug-likeness (QED) is 0.603. The van der Waals surface area contributed by atoms with Crippen LogP contribution in [0.3, 0.4) is 0 Å². The van der Waals surface area contributed by atoms with Crippen molar-refractivity contribution in [2.75, 3.05) is 17.3 Å². The molecule has 0 spiro atoms. The first-order valence-corrected chi connectivity index (χ1v) is 11.9. The normalized spacial score (nSPS) is 16.6. The molecule has 2 aromatic rings. The minimum Gasteiger partial charge on any atom is -0.343 e. The summed E-state index contributed by atoms with van der Waals surface area (Å²) >= 11 is 1.67. The molecule has 5 nitrogen and oxygen atoms in total. The van der Waals surface area contributed by atoms with E-state index in [1.165, 1.54) is 16.7 Å². The van der Waals surface area contributed by atoms with Gasteiger partial charge >= 0.3 is 0 Å². The minimum absolute atomic E-state index is 0.124. The van der Waals surface area contributed by atoms with Crippen LogP contribution in [-0.2, 0) is 22.6 Å². The highest BCUT2D eigenvalue weighted by Gasteiger charge is 2.28. The van der Waals surface area contributed by atoms with Crippen molar-refractivity contribution >= 4 is 29.3 Å². The molecular weight excluding hydrogens is 394 g/mol. The molecule has 1 aliphatic heterocycles. The number of thioether (sulfide) groups is 1. The molecule has 0 unspecified atom stereocenters. The van der Waals surface area contributed by atoms with Gasteiger partial charge in [0.05, 0.1) is 6.04 Å². The second-order valence-corrected chi connectivity index (χ2v) is 9.00. The van der Waals surface area contributed by atoms with Crippen LogP contribution >= 0.6 is 11.8 Å². The van der Waals surface area contributed by atoms with Crippen LogP contribution in [0.1, 0.15) is 42.9 Å². The molecule has 0 radical (unpaired) electrons. The Morgan fingerprint density at radius 2 is 1.80 bits per heavy atom. The molecule has 30 heavy (non-hydrogen) atoms. The first-order chi connectivity index (χ1) is 14.5. The molecule has 0 saturated carbocycles. The van der Waals surface area contributed by atoms with Crippen LogP contribution in [0.5, 0.6) is 0 Å². The fourth-order valence-electron chi connectivity index (χ4n) is 3.60. The zero-order valence-corrected chi connectivity index (χ0v) is 18.7. The average Bonchev–Trinajstić information content (AvgIpc) is 2.76. The maximum Gasteiger partial charge on any atom is 0.246 e. The van der Waals surface area contributed by atoms with Crippen LogP contribution in [-0.4, -0.2) is 35.9 Å². The van der Waals surface area contributed by atoms with E-state index in [0.29, 0.717) is 25.3 Å². The van der Waals surface area contributed by atoms with E-state index in [2.05, 4.69) is 41.9 Å². The molecule has 2 aromatic carbocycles. The summed E-state index contributed by atoms with van der Waals surface area (Å²) in [5, 5.41) is 9.23. The number of hydrogen-bond acceptors (Lipinski definition) is 4. The Kier molecular flexibility index (Phi) is 7.94. The minimum atomic E-state index is -0.561. The lowest BCUT2D eigenvalue weighted by Gasteiger charge is -2.27. The molecule has 6 heteroatoms. The summed E-state index contributed by atoms with van der Waals surface area (Å²) in [7, 11) is 0. The van der Waals surface area contributed by atoms with Crippen LogP contribution in [0.2, 0.25) is 0 Å². The summed E-state index contributed by atoms with van der Waals surface area (Å²) in [6.07, 6.45) is 3.22. The summed E-state index contributed by atoms with van der Waals surface area (Å²) in [4.78, 5) is 25.8. The second kappa shape index (κ2) is 10.6. The molecule has 0 aliphatic carbocycles. The number of fused-ring (bicyclic) bond motifs is 1. The van der Waals surface area contributed by atoms with Crippen LogP contribution in [0.4, 0.5) is 5.69 Å². The third-order valence-electron chi connectivity index (χ3n) is 5.49. The molecule has 1 aliphatic rings. The Bertz CT molecular complexity index is 867. The highest BCUT2D eigenvalue weighted by atomic mass is 32.2. The van der Waals surface area contributed by atoms with Crippen molar-refractivity contribution in [1.82, 2.24) is 10.6 Å². The number of anilines is 1. The topological polar surface area (TPSA) is 70.2 Å².